The molecule has 0 bridgehead atoms. The molecule has 1 aromatic heterocycles. The van der Waals surface area contributed by atoms with Gasteiger partial charge in [-0.15, -0.1) is 5.10 Å². The van der Waals surface area contributed by atoms with Crippen LogP contribution in [-0.2, 0) is 15.9 Å². The van der Waals surface area contributed by atoms with Gasteiger partial charge in [0, 0.05) is 25.7 Å². The highest BCUT2D eigenvalue weighted by atomic mass is 32.1. The summed E-state index contributed by atoms with van der Waals surface area (Å²) in [4.78, 5) is 1.32. The molecular weight excluding hydrogens is 286 g/mol. The molecule has 21 heavy (non-hydrogen) atoms. The Balaban J connectivity index is 1.77. The molecule has 3 heterocycles. The van der Waals surface area contributed by atoms with E-state index in [4.69, 9.17) is 9.47 Å². The molecule has 0 saturated carbocycles. The lowest BCUT2D eigenvalue weighted by atomic mass is 9.80. The second-order valence-corrected chi connectivity index (χ2v) is 6.97. The van der Waals surface area contributed by atoms with Crippen LogP contribution in [0.25, 0.3) is 0 Å². The molecule has 1 spiro atoms. The van der Waals surface area contributed by atoms with Gasteiger partial charge in [0.1, 0.15) is 0 Å². The van der Waals surface area contributed by atoms with Gasteiger partial charge in [-0.05, 0) is 43.8 Å². The Hall–Kier alpha value is -0.560. The minimum Gasteiger partial charge on any atom is -0.378 e. The van der Waals surface area contributed by atoms with Gasteiger partial charge in [-0.2, -0.15) is 0 Å². The number of nitrogens with zero attached hydrogens (tertiary/aromatic N) is 2. The van der Waals surface area contributed by atoms with Gasteiger partial charge < -0.3 is 14.8 Å². The molecule has 118 valence electrons. The van der Waals surface area contributed by atoms with Gasteiger partial charge in [-0.1, -0.05) is 17.8 Å². The molecule has 3 atom stereocenters. The first-order valence-corrected chi connectivity index (χ1v) is 8.75. The van der Waals surface area contributed by atoms with E-state index in [0.717, 1.165) is 51.9 Å². The van der Waals surface area contributed by atoms with Crippen molar-refractivity contribution in [1.82, 2.24) is 14.9 Å². The van der Waals surface area contributed by atoms with Crippen LogP contribution in [0.1, 0.15) is 49.2 Å². The standard InChI is InChI=1S/C15H25N3O2S/c1-3-4-12-14(21-18-17-12)13(16-2)11-5-7-20-15(9-11)6-8-19-10-15/h11,13,16H,3-10H2,1-2H3. The molecular formula is C15H25N3O2S. The van der Waals surface area contributed by atoms with Crippen molar-refractivity contribution in [2.24, 2.45) is 5.92 Å². The van der Waals surface area contributed by atoms with Crippen LogP contribution in [0.5, 0.6) is 0 Å². The molecule has 3 rings (SSSR count). The fourth-order valence-corrected chi connectivity index (χ4v) is 4.56. The van der Waals surface area contributed by atoms with Crippen LogP contribution in [0.3, 0.4) is 0 Å². The predicted molar refractivity (Wildman–Crippen MR) is 82.5 cm³/mol. The average molecular weight is 311 g/mol. The first-order chi connectivity index (χ1) is 10.3. The predicted octanol–water partition coefficient (Wildman–Crippen LogP) is 2.34. The largest absolute Gasteiger partial charge is 0.378 e. The first-order valence-electron chi connectivity index (χ1n) is 7.98. The molecule has 0 aliphatic carbocycles. The number of nitrogens with one attached hydrogen (secondary N) is 1. The van der Waals surface area contributed by atoms with E-state index in [1.54, 1.807) is 11.5 Å². The van der Waals surface area contributed by atoms with Crippen molar-refractivity contribution >= 4 is 11.5 Å². The van der Waals surface area contributed by atoms with Gasteiger partial charge >= 0.3 is 0 Å². The molecule has 6 heteroatoms. The maximum absolute atomic E-state index is 6.07. The number of ether oxygens (including phenoxy) is 2. The average Bonchev–Trinajstić information content (AvgIpc) is 3.12. The Morgan fingerprint density at radius 3 is 3.10 bits per heavy atom. The number of rotatable bonds is 5. The van der Waals surface area contributed by atoms with Crippen molar-refractivity contribution in [3.8, 4) is 0 Å². The Labute approximate surface area is 130 Å². The van der Waals surface area contributed by atoms with Crippen molar-refractivity contribution in [3.05, 3.63) is 10.6 Å². The fraction of sp³-hybridized carbons (Fsp3) is 0.867. The second kappa shape index (κ2) is 6.69. The van der Waals surface area contributed by atoms with Crippen molar-refractivity contribution in [3.63, 3.8) is 0 Å². The zero-order valence-corrected chi connectivity index (χ0v) is 13.7. The molecule has 0 aromatic carbocycles. The minimum absolute atomic E-state index is 0.0406. The SMILES string of the molecule is CCCc1nnsc1C(NC)C1CCOC2(CCOC2)C1. The highest BCUT2D eigenvalue weighted by Gasteiger charge is 2.43. The van der Waals surface area contributed by atoms with Crippen LogP contribution in [-0.4, -0.2) is 42.1 Å². The summed E-state index contributed by atoms with van der Waals surface area (Å²) < 4.78 is 15.8. The van der Waals surface area contributed by atoms with Gasteiger partial charge in [-0.3, -0.25) is 0 Å². The molecule has 5 nitrogen and oxygen atoms in total. The second-order valence-electron chi connectivity index (χ2n) is 6.19. The number of aryl methyl sites for hydroxylation is 1. The molecule has 2 fully saturated rings. The Kier molecular flexibility index (Phi) is 4.88. The molecule has 2 aliphatic rings. The van der Waals surface area contributed by atoms with Crippen LogP contribution >= 0.6 is 11.5 Å². The third kappa shape index (κ3) is 3.13. The van der Waals surface area contributed by atoms with E-state index in [0.29, 0.717) is 12.0 Å². The normalized spacial score (nSPS) is 30.9. The molecule has 3 unspecified atom stereocenters. The van der Waals surface area contributed by atoms with E-state index in [1.807, 2.05) is 7.05 Å². The highest BCUT2D eigenvalue weighted by Crippen LogP contribution is 2.42. The maximum Gasteiger partial charge on any atom is 0.0940 e. The lowest BCUT2D eigenvalue weighted by Gasteiger charge is -2.40. The quantitative estimate of drug-likeness (QED) is 0.904. The maximum atomic E-state index is 6.07. The van der Waals surface area contributed by atoms with Crippen LogP contribution in [0.2, 0.25) is 0 Å². The van der Waals surface area contributed by atoms with Crippen molar-refractivity contribution in [2.75, 3.05) is 26.9 Å². The summed E-state index contributed by atoms with van der Waals surface area (Å²) in [5.41, 5.74) is 1.13. The lowest BCUT2D eigenvalue weighted by molar-refractivity contribution is -0.103. The van der Waals surface area contributed by atoms with Gasteiger partial charge in [0.15, 0.2) is 0 Å². The monoisotopic (exact) mass is 311 g/mol. The lowest BCUT2D eigenvalue weighted by Crippen LogP contribution is -2.43. The van der Waals surface area contributed by atoms with Crippen LogP contribution in [0, 0.1) is 5.92 Å². The van der Waals surface area contributed by atoms with Crippen LogP contribution in [0.4, 0.5) is 0 Å². The van der Waals surface area contributed by atoms with E-state index in [1.165, 1.54) is 10.6 Å². The minimum atomic E-state index is -0.0406. The summed E-state index contributed by atoms with van der Waals surface area (Å²) in [7, 11) is 2.05. The Morgan fingerprint density at radius 2 is 2.38 bits per heavy atom. The van der Waals surface area contributed by atoms with E-state index in [9.17, 15) is 0 Å². The Bertz CT molecular complexity index is 460. The van der Waals surface area contributed by atoms with E-state index in [-0.39, 0.29) is 5.60 Å². The van der Waals surface area contributed by atoms with Crippen molar-refractivity contribution in [1.29, 1.82) is 0 Å². The first kappa shape index (κ1) is 15.3. The molecule has 1 N–H and O–H groups in total. The van der Waals surface area contributed by atoms with Gasteiger partial charge in [0.05, 0.1) is 22.8 Å². The van der Waals surface area contributed by atoms with E-state index < -0.39 is 0 Å². The molecule has 0 radical (unpaired) electrons. The zero-order valence-electron chi connectivity index (χ0n) is 12.9. The van der Waals surface area contributed by atoms with E-state index in [2.05, 4.69) is 21.8 Å². The van der Waals surface area contributed by atoms with Crippen LogP contribution < -0.4 is 5.32 Å². The summed E-state index contributed by atoms with van der Waals surface area (Å²) in [6.07, 6.45) is 5.32. The summed E-state index contributed by atoms with van der Waals surface area (Å²) in [6.45, 7) is 4.61. The highest BCUT2D eigenvalue weighted by molar-refractivity contribution is 7.05. The zero-order chi connectivity index (χ0) is 14.7. The summed E-state index contributed by atoms with van der Waals surface area (Å²) >= 11 is 1.55. The number of hydrogen-bond donors (Lipinski definition) is 1. The van der Waals surface area contributed by atoms with Crippen molar-refractivity contribution < 1.29 is 9.47 Å². The molecule has 1 aromatic rings. The summed E-state index contributed by atoms with van der Waals surface area (Å²) in [6, 6.07) is 0.341. The molecule has 2 saturated heterocycles. The molecule has 2 aliphatic heterocycles. The van der Waals surface area contributed by atoms with Crippen LogP contribution in [0.15, 0.2) is 0 Å². The fourth-order valence-electron chi connectivity index (χ4n) is 3.66. The molecule has 0 amide bonds. The third-order valence-corrected chi connectivity index (χ3v) is 5.58. The number of hydrogen-bond acceptors (Lipinski definition) is 6. The third-order valence-electron chi connectivity index (χ3n) is 4.74. The van der Waals surface area contributed by atoms with Gasteiger partial charge in [-0.25, -0.2) is 0 Å². The summed E-state index contributed by atoms with van der Waals surface area (Å²) in [5, 5.41) is 7.84. The van der Waals surface area contributed by atoms with Gasteiger partial charge in [0.2, 0.25) is 0 Å². The van der Waals surface area contributed by atoms with Gasteiger partial charge in [0.25, 0.3) is 0 Å². The smallest absolute Gasteiger partial charge is 0.0940 e. The topological polar surface area (TPSA) is 56.3 Å². The number of aromatic nitrogens is 2. The summed E-state index contributed by atoms with van der Waals surface area (Å²) in [5.74, 6) is 0.573. The van der Waals surface area contributed by atoms with E-state index >= 15 is 0 Å². The van der Waals surface area contributed by atoms with Crippen molar-refractivity contribution in [2.45, 2.75) is 50.7 Å². The Morgan fingerprint density at radius 1 is 1.48 bits per heavy atom.